The van der Waals surface area contributed by atoms with Crippen LogP contribution in [0.4, 0.5) is 13.2 Å². The van der Waals surface area contributed by atoms with Crippen LogP contribution in [0.2, 0.25) is 0 Å². The molecular formula is C16H22F3NO2. The van der Waals surface area contributed by atoms with Crippen LogP contribution >= 0.6 is 0 Å². The minimum Gasteiger partial charge on any atom is -0.385 e. The van der Waals surface area contributed by atoms with Crippen molar-refractivity contribution < 1.29 is 22.7 Å². The molecule has 0 aliphatic heterocycles. The Hall–Kier alpha value is -1.82. The summed E-state index contributed by atoms with van der Waals surface area (Å²) in [6, 6.07) is 3.69. The molecule has 3 nitrogen and oxygen atoms in total. The van der Waals surface area contributed by atoms with E-state index in [2.05, 4.69) is 6.92 Å². The molecule has 0 radical (unpaired) electrons. The quantitative estimate of drug-likeness (QED) is 0.855. The van der Waals surface area contributed by atoms with Crippen LogP contribution in [0.15, 0.2) is 24.3 Å². The fourth-order valence-corrected chi connectivity index (χ4v) is 1.87. The van der Waals surface area contributed by atoms with Crippen LogP contribution in [0, 0.1) is 6.92 Å². The minimum absolute atomic E-state index is 0.00639. The van der Waals surface area contributed by atoms with E-state index >= 15 is 0 Å². The third kappa shape index (κ3) is 5.89. The number of halogens is 3. The number of hydrogen-bond donors (Lipinski definition) is 1. The highest BCUT2D eigenvalue weighted by Gasteiger charge is 2.33. The van der Waals surface area contributed by atoms with Crippen molar-refractivity contribution >= 4 is 11.5 Å². The number of hydrogen-bond acceptors (Lipinski definition) is 2. The number of methoxy groups -OCH3 is 1. The van der Waals surface area contributed by atoms with Gasteiger partial charge in [0.2, 0.25) is 5.91 Å². The van der Waals surface area contributed by atoms with Gasteiger partial charge >= 0.3 is 6.18 Å². The number of carbonyl (C=O) groups is 1. The lowest BCUT2D eigenvalue weighted by atomic mass is 9.95. The summed E-state index contributed by atoms with van der Waals surface area (Å²) in [4.78, 5) is 11.1. The van der Waals surface area contributed by atoms with Crippen LogP contribution in [-0.2, 0) is 15.7 Å². The van der Waals surface area contributed by atoms with Crippen LogP contribution in [0.3, 0.4) is 0 Å². The first-order chi connectivity index (χ1) is 10.2. The fraction of sp³-hybridized carbons (Fsp3) is 0.438. The summed E-state index contributed by atoms with van der Waals surface area (Å²) in [7, 11) is 1.71. The van der Waals surface area contributed by atoms with Crippen molar-refractivity contribution in [3.8, 4) is 0 Å². The molecule has 0 aliphatic carbocycles. The van der Waals surface area contributed by atoms with E-state index in [1.807, 2.05) is 0 Å². The lowest BCUT2D eigenvalue weighted by Gasteiger charge is -2.14. The molecule has 1 rings (SSSR count). The molecule has 0 atom stereocenters. The van der Waals surface area contributed by atoms with Crippen LogP contribution in [0.1, 0.15) is 37.0 Å². The van der Waals surface area contributed by atoms with Crippen LogP contribution in [0.5, 0.6) is 0 Å². The Morgan fingerprint density at radius 1 is 1.36 bits per heavy atom. The predicted octanol–water partition coefficient (Wildman–Crippen LogP) is 3.95. The van der Waals surface area contributed by atoms with Crippen molar-refractivity contribution in [2.24, 2.45) is 5.73 Å². The molecule has 22 heavy (non-hydrogen) atoms. The lowest BCUT2D eigenvalue weighted by molar-refractivity contribution is -0.138. The van der Waals surface area contributed by atoms with Crippen molar-refractivity contribution in [3.05, 3.63) is 41.0 Å². The average Bonchev–Trinajstić information content (AvgIpc) is 2.41. The van der Waals surface area contributed by atoms with Crippen molar-refractivity contribution in [2.45, 2.75) is 33.4 Å². The summed E-state index contributed by atoms with van der Waals surface area (Å²) in [5.74, 6) is -0.741. The van der Waals surface area contributed by atoms with E-state index < -0.39 is 17.6 Å². The second-order valence-corrected chi connectivity index (χ2v) is 4.54. The smallest absolute Gasteiger partial charge is 0.385 e. The van der Waals surface area contributed by atoms with Gasteiger partial charge in [-0.1, -0.05) is 25.1 Å². The zero-order valence-corrected chi connectivity index (χ0v) is 13.3. The number of amides is 1. The third-order valence-corrected chi connectivity index (χ3v) is 2.89. The molecule has 0 spiro atoms. The zero-order chi connectivity index (χ0) is 17.3. The van der Waals surface area contributed by atoms with E-state index in [1.165, 1.54) is 25.1 Å². The van der Waals surface area contributed by atoms with E-state index in [0.717, 1.165) is 19.1 Å². The lowest BCUT2D eigenvalue weighted by Crippen LogP contribution is -2.15. The largest absolute Gasteiger partial charge is 0.416 e. The highest BCUT2D eigenvalue weighted by molar-refractivity contribution is 6.19. The summed E-state index contributed by atoms with van der Waals surface area (Å²) >= 11 is 0. The van der Waals surface area contributed by atoms with Crippen LogP contribution in [0.25, 0.3) is 5.57 Å². The Bertz CT molecular complexity index is 521. The third-order valence-electron chi connectivity index (χ3n) is 2.89. The molecule has 0 fully saturated rings. The van der Waals surface area contributed by atoms with Gasteiger partial charge in [0.25, 0.3) is 0 Å². The van der Waals surface area contributed by atoms with E-state index in [9.17, 15) is 18.0 Å². The Morgan fingerprint density at radius 2 is 1.95 bits per heavy atom. The molecule has 0 saturated carbocycles. The van der Waals surface area contributed by atoms with Gasteiger partial charge in [-0.05, 0) is 37.5 Å². The molecule has 0 bridgehead atoms. The summed E-state index contributed by atoms with van der Waals surface area (Å²) in [6.07, 6.45) is -1.90. The normalized spacial score (nSPS) is 11.7. The van der Waals surface area contributed by atoms with Gasteiger partial charge in [0.1, 0.15) is 0 Å². The molecule has 6 heteroatoms. The Balaban J connectivity index is 0.000000763. The standard InChI is InChI=1S/C12H12F3NO.C4H10O/c1-3-8(11(16)17)9-5-4-6-10(7(9)2)12(13,14)15;1-3-4-5-2/h3-6H,1-2H3,(H2,16,17);3-4H2,1-2H3/b8-3+;. The van der Waals surface area contributed by atoms with Crippen molar-refractivity contribution in [1.82, 2.24) is 0 Å². The molecule has 1 aromatic rings. The van der Waals surface area contributed by atoms with Crippen molar-refractivity contribution in [1.29, 1.82) is 0 Å². The number of primary amides is 1. The Morgan fingerprint density at radius 3 is 2.27 bits per heavy atom. The van der Waals surface area contributed by atoms with Crippen LogP contribution < -0.4 is 5.73 Å². The number of ether oxygens (including phenoxy) is 1. The zero-order valence-electron chi connectivity index (χ0n) is 13.3. The van der Waals surface area contributed by atoms with Gasteiger partial charge in [0.05, 0.1) is 5.56 Å². The molecule has 0 saturated heterocycles. The Kier molecular flexibility index (Phi) is 8.48. The second kappa shape index (κ2) is 9.25. The molecule has 124 valence electrons. The van der Waals surface area contributed by atoms with Gasteiger partial charge in [0, 0.05) is 19.3 Å². The molecular weight excluding hydrogens is 295 g/mol. The SMILES string of the molecule is C/C=C(/C(N)=O)c1cccc(C(F)(F)F)c1C.CCCOC. The maximum Gasteiger partial charge on any atom is 0.416 e. The van der Waals surface area contributed by atoms with Crippen LogP contribution in [-0.4, -0.2) is 19.6 Å². The van der Waals surface area contributed by atoms with Gasteiger partial charge in [-0.3, -0.25) is 4.79 Å². The number of alkyl halides is 3. The summed E-state index contributed by atoms with van der Waals surface area (Å²) in [6.45, 7) is 5.86. The first-order valence-electron chi connectivity index (χ1n) is 6.82. The average molecular weight is 317 g/mol. The first-order valence-corrected chi connectivity index (χ1v) is 6.82. The molecule has 1 aromatic carbocycles. The van der Waals surface area contributed by atoms with Crippen molar-refractivity contribution in [3.63, 3.8) is 0 Å². The Labute approximate surface area is 129 Å². The second-order valence-electron chi connectivity index (χ2n) is 4.54. The molecule has 1 amide bonds. The highest BCUT2D eigenvalue weighted by Crippen LogP contribution is 2.34. The van der Waals surface area contributed by atoms with Gasteiger partial charge in [-0.15, -0.1) is 0 Å². The molecule has 0 aliphatic rings. The molecule has 0 aromatic heterocycles. The summed E-state index contributed by atoms with van der Waals surface area (Å²) in [5.41, 5.74) is 4.68. The van der Waals surface area contributed by atoms with Crippen molar-refractivity contribution in [2.75, 3.05) is 13.7 Å². The van der Waals surface area contributed by atoms with Gasteiger partial charge in [-0.2, -0.15) is 13.2 Å². The van der Waals surface area contributed by atoms with E-state index in [-0.39, 0.29) is 16.7 Å². The maximum atomic E-state index is 12.7. The van der Waals surface area contributed by atoms with Gasteiger partial charge in [0.15, 0.2) is 0 Å². The molecule has 0 unspecified atom stereocenters. The highest BCUT2D eigenvalue weighted by atomic mass is 19.4. The number of rotatable bonds is 4. The number of carbonyl (C=O) groups excluding carboxylic acids is 1. The topological polar surface area (TPSA) is 52.3 Å². The summed E-state index contributed by atoms with van der Waals surface area (Å²) < 4.78 is 42.7. The number of allylic oxidation sites excluding steroid dienone is 1. The first kappa shape index (κ1) is 20.2. The number of nitrogens with two attached hydrogens (primary N) is 1. The molecule has 2 N–H and O–H groups in total. The predicted molar refractivity (Wildman–Crippen MR) is 81.2 cm³/mol. The maximum absolute atomic E-state index is 12.7. The minimum atomic E-state index is -4.43. The van der Waals surface area contributed by atoms with Gasteiger partial charge in [-0.25, -0.2) is 0 Å². The van der Waals surface area contributed by atoms with E-state index in [0.29, 0.717) is 0 Å². The van der Waals surface area contributed by atoms with E-state index in [4.69, 9.17) is 10.5 Å². The van der Waals surface area contributed by atoms with E-state index in [1.54, 1.807) is 14.0 Å². The molecule has 0 heterocycles. The fourth-order valence-electron chi connectivity index (χ4n) is 1.87. The van der Waals surface area contributed by atoms with Gasteiger partial charge < -0.3 is 10.5 Å². The summed E-state index contributed by atoms with van der Waals surface area (Å²) in [5, 5.41) is 0. The monoisotopic (exact) mass is 317 g/mol. The number of benzene rings is 1.